The third kappa shape index (κ3) is 5.60. The van der Waals surface area contributed by atoms with E-state index in [-0.39, 0.29) is 19.1 Å². The van der Waals surface area contributed by atoms with Crippen LogP contribution in [-0.4, -0.2) is 59.7 Å². The van der Waals surface area contributed by atoms with Crippen LogP contribution in [0.4, 0.5) is 0 Å². The molecule has 182 valence electrons. The van der Waals surface area contributed by atoms with Gasteiger partial charge >= 0.3 is 0 Å². The first-order valence-corrected chi connectivity index (χ1v) is 11.0. The summed E-state index contributed by atoms with van der Waals surface area (Å²) in [5, 5.41) is 15.7. The Bertz CT molecular complexity index is 1340. The number of ether oxygens (including phenoxy) is 4. The summed E-state index contributed by atoms with van der Waals surface area (Å²) in [6, 6.07) is 14.8. The second kappa shape index (κ2) is 10.7. The highest BCUT2D eigenvalue weighted by Crippen LogP contribution is 2.31. The van der Waals surface area contributed by atoms with Crippen LogP contribution < -0.4 is 24.3 Å². The van der Waals surface area contributed by atoms with E-state index in [1.54, 1.807) is 43.0 Å². The predicted molar refractivity (Wildman–Crippen MR) is 129 cm³/mol. The highest BCUT2D eigenvalue weighted by Gasteiger charge is 2.14. The van der Waals surface area contributed by atoms with Crippen LogP contribution in [0.1, 0.15) is 11.1 Å². The van der Waals surface area contributed by atoms with Gasteiger partial charge in [-0.15, -0.1) is 15.3 Å². The Morgan fingerprint density at radius 1 is 0.914 bits per heavy atom. The van der Waals surface area contributed by atoms with Gasteiger partial charge in [-0.2, -0.15) is 4.52 Å². The minimum Gasteiger partial charge on any atom is -0.493 e. The number of benzene rings is 2. The van der Waals surface area contributed by atoms with Gasteiger partial charge in [0.25, 0.3) is 5.91 Å². The van der Waals surface area contributed by atoms with E-state index >= 15 is 0 Å². The third-order valence-corrected chi connectivity index (χ3v) is 5.26. The van der Waals surface area contributed by atoms with Crippen LogP contribution in [-0.2, 0) is 4.79 Å². The molecule has 0 unspecified atom stereocenters. The summed E-state index contributed by atoms with van der Waals surface area (Å²) in [6.07, 6.45) is 0. The highest BCUT2D eigenvalue weighted by atomic mass is 16.5. The maximum atomic E-state index is 12.1. The van der Waals surface area contributed by atoms with E-state index in [0.29, 0.717) is 41.1 Å². The number of nitrogens with one attached hydrogen (secondary N) is 1. The van der Waals surface area contributed by atoms with Crippen LogP contribution in [0.5, 0.6) is 23.1 Å². The average Bonchev–Trinajstić information content (AvgIpc) is 3.30. The van der Waals surface area contributed by atoms with Crippen LogP contribution in [0.2, 0.25) is 0 Å². The monoisotopic (exact) mass is 477 g/mol. The number of carbonyl (C=O) groups excluding carboxylic acids is 1. The van der Waals surface area contributed by atoms with Gasteiger partial charge in [0, 0.05) is 11.6 Å². The quantitative estimate of drug-likeness (QED) is 0.347. The lowest BCUT2D eigenvalue weighted by molar-refractivity contribution is -0.123. The molecule has 0 bridgehead atoms. The van der Waals surface area contributed by atoms with Crippen LogP contribution in [0.25, 0.3) is 17.0 Å². The number of nitrogens with zero attached hydrogens (tertiary/aromatic N) is 4. The zero-order valence-electron chi connectivity index (χ0n) is 20.1. The van der Waals surface area contributed by atoms with E-state index in [9.17, 15) is 4.79 Å². The van der Waals surface area contributed by atoms with Gasteiger partial charge in [-0.3, -0.25) is 4.79 Å². The SMILES string of the molecule is COc1ccc(-c2nnc3ccc(OCCNC(=O)COc4cc(C)ccc4C)nn23)cc1OC. The third-order valence-electron chi connectivity index (χ3n) is 5.26. The standard InChI is InChI=1S/C25H27N5O5/c1-16-5-6-17(2)20(13-16)35-15-23(31)26-11-12-34-24-10-9-22-27-28-25(30(22)29-24)18-7-8-19(32-3)21(14-18)33-4/h5-10,13-14H,11-12,15H2,1-4H3,(H,26,31). The summed E-state index contributed by atoms with van der Waals surface area (Å²) in [5.41, 5.74) is 3.39. The van der Waals surface area contributed by atoms with Crippen molar-refractivity contribution in [3.05, 3.63) is 59.7 Å². The lowest BCUT2D eigenvalue weighted by atomic mass is 10.1. The van der Waals surface area contributed by atoms with Crippen molar-refractivity contribution in [1.82, 2.24) is 25.1 Å². The molecule has 0 aliphatic rings. The summed E-state index contributed by atoms with van der Waals surface area (Å²) in [5.74, 6) is 2.57. The van der Waals surface area contributed by atoms with Crippen molar-refractivity contribution in [3.8, 4) is 34.5 Å². The molecule has 0 saturated heterocycles. The number of aromatic nitrogens is 4. The summed E-state index contributed by atoms with van der Waals surface area (Å²) in [4.78, 5) is 12.1. The molecule has 2 heterocycles. The molecule has 10 nitrogen and oxygen atoms in total. The number of carbonyl (C=O) groups is 1. The topological polar surface area (TPSA) is 109 Å². The van der Waals surface area contributed by atoms with Crippen molar-refractivity contribution in [2.24, 2.45) is 0 Å². The fourth-order valence-electron chi connectivity index (χ4n) is 3.41. The Balaban J connectivity index is 1.34. The largest absolute Gasteiger partial charge is 0.493 e. The molecule has 0 saturated carbocycles. The number of aryl methyl sites for hydroxylation is 2. The first kappa shape index (κ1) is 23.8. The number of fused-ring (bicyclic) bond motifs is 1. The normalized spacial score (nSPS) is 10.7. The first-order valence-electron chi connectivity index (χ1n) is 11.0. The molecular formula is C25H27N5O5. The molecule has 4 rings (SSSR count). The Morgan fingerprint density at radius 2 is 1.74 bits per heavy atom. The van der Waals surface area contributed by atoms with Crippen molar-refractivity contribution in [2.45, 2.75) is 13.8 Å². The van der Waals surface area contributed by atoms with Gasteiger partial charge in [0.2, 0.25) is 5.88 Å². The summed E-state index contributed by atoms with van der Waals surface area (Å²) >= 11 is 0. The van der Waals surface area contributed by atoms with Gasteiger partial charge in [-0.05, 0) is 55.3 Å². The Morgan fingerprint density at radius 3 is 2.54 bits per heavy atom. The smallest absolute Gasteiger partial charge is 0.258 e. The molecule has 0 radical (unpaired) electrons. The number of hydrogen-bond donors (Lipinski definition) is 1. The van der Waals surface area contributed by atoms with Crippen molar-refractivity contribution in [2.75, 3.05) is 34.0 Å². The van der Waals surface area contributed by atoms with E-state index in [4.69, 9.17) is 18.9 Å². The van der Waals surface area contributed by atoms with Crippen LogP contribution in [0, 0.1) is 13.8 Å². The van der Waals surface area contributed by atoms with Gasteiger partial charge in [0.05, 0.1) is 20.8 Å². The molecule has 0 aliphatic carbocycles. The predicted octanol–water partition coefficient (Wildman–Crippen LogP) is 3.00. The molecule has 1 amide bonds. The fraction of sp³-hybridized carbons (Fsp3) is 0.280. The van der Waals surface area contributed by atoms with Crippen molar-refractivity contribution in [3.63, 3.8) is 0 Å². The second-order valence-corrected chi connectivity index (χ2v) is 7.79. The summed E-state index contributed by atoms with van der Waals surface area (Å²) in [6.45, 7) is 4.40. The van der Waals surface area contributed by atoms with Crippen LogP contribution in [0.15, 0.2) is 48.5 Å². The molecule has 0 spiro atoms. The minimum absolute atomic E-state index is 0.0656. The van der Waals surface area contributed by atoms with E-state index in [0.717, 1.165) is 16.7 Å². The molecule has 2 aromatic heterocycles. The van der Waals surface area contributed by atoms with Crippen LogP contribution >= 0.6 is 0 Å². The molecule has 10 heteroatoms. The molecule has 0 fully saturated rings. The molecule has 0 aliphatic heterocycles. The lowest BCUT2D eigenvalue weighted by Gasteiger charge is -2.11. The number of methoxy groups -OCH3 is 2. The Labute approximate surface area is 202 Å². The van der Waals surface area contributed by atoms with Gasteiger partial charge in [-0.25, -0.2) is 0 Å². The van der Waals surface area contributed by atoms with Crippen molar-refractivity contribution in [1.29, 1.82) is 0 Å². The van der Waals surface area contributed by atoms with E-state index in [1.807, 2.05) is 38.1 Å². The molecule has 0 atom stereocenters. The maximum absolute atomic E-state index is 12.1. The fourth-order valence-corrected chi connectivity index (χ4v) is 3.41. The van der Waals surface area contributed by atoms with Gasteiger partial charge < -0.3 is 24.3 Å². The number of amides is 1. The number of rotatable bonds is 10. The molecular weight excluding hydrogens is 450 g/mol. The molecule has 35 heavy (non-hydrogen) atoms. The average molecular weight is 478 g/mol. The zero-order valence-corrected chi connectivity index (χ0v) is 20.1. The van der Waals surface area contributed by atoms with Gasteiger partial charge in [0.1, 0.15) is 12.4 Å². The van der Waals surface area contributed by atoms with Crippen molar-refractivity contribution >= 4 is 11.6 Å². The van der Waals surface area contributed by atoms with E-state index in [1.165, 1.54) is 0 Å². The number of hydrogen-bond acceptors (Lipinski definition) is 8. The first-order chi connectivity index (χ1) is 17.0. The second-order valence-electron chi connectivity index (χ2n) is 7.79. The maximum Gasteiger partial charge on any atom is 0.258 e. The Hall–Kier alpha value is -4.34. The lowest BCUT2D eigenvalue weighted by Crippen LogP contribution is -2.32. The molecule has 2 aromatic carbocycles. The molecule has 4 aromatic rings. The van der Waals surface area contributed by atoms with Crippen LogP contribution in [0.3, 0.4) is 0 Å². The van der Waals surface area contributed by atoms with E-state index in [2.05, 4.69) is 20.6 Å². The minimum atomic E-state index is -0.229. The van der Waals surface area contributed by atoms with Crippen molar-refractivity contribution < 1.29 is 23.7 Å². The van der Waals surface area contributed by atoms with Gasteiger partial charge in [-0.1, -0.05) is 12.1 Å². The zero-order chi connectivity index (χ0) is 24.8. The summed E-state index contributed by atoms with van der Waals surface area (Å²) < 4.78 is 23.6. The summed E-state index contributed by atoms with van der Waals surface area (Å²) in [7, 11) is 3.15. The Kier molecular flexibility index (Phi) is 7.30. The molecule has 1 N–H and O–H groups in total. The highest BCUT2D eigenvalue weighted by molar-refractivity contribution is 5.77. The van der Waals surface area contributed by atoms with E-state index < -0.39 is 0 Å². The van der Waals surface area contributed by atoms with Gasteiger partial charge in [0.15, 0.2) is 29.6 Å².